The predicted molar refractivity (Wildman–Crippen MR) is 295 cm³/mol. The second kappa shape index (κ2) is 21.6. The molecular weight excluding hydrogens is 917 g/mol. The zero-order valence-electron chi connectivity index (χ0n) is 42.8. The van der Waals surface area contributed by atoms with Crippen LogP contribution in [0.15, 0.2) is 158 Å². The second-order valence-electron chi connectivity index (χ2n) is 23.3. The largest absolute Gasteiger partial charge is 0.491 e. The van der Waals surface area contributed by atoms with Crippen LogP contribution in [-0.4, -0.2) is 51.5 Å². The van der Waals surface area contributed by atoms with E-state index in [9.17, 15) is 9.59 Å². The quantitative estimate of drug-likeness (QED) is 0.0909. The van der Waals surface area contributed by atoms with Crippen LogP contribution in [0.25, 0.3) is 11.1 Å². The van der Waals surface area contributed by atoms with Gasteiger partial charge in [0.2, 0.25) is 11.8 Å². The Morgan fingerprint density at radius 3 is 1.11 bits per heavy atom. The Kier molecular flexibility index (Phi) is 14.2. The van der Waals surface area contributed by atoms with Gasteiger partial charge < -0.3 is 29.6 Å². The molecule has 2 amide bonds. The molecule has 8 bridgehead atoms. The summed E-state index contributed by atoms with van der Waals surface area (Å²) in [5.74, 6) is 6.95. The summed E-state index contributed by atoms with van der Waals surface area (Å²) in [4.78, 5) is 27.2. The van der Waals surface area contributed by atoms with Crippen LogP contribution in [-0.2, 0) is 19.1 Å². The number of carbonyl (C=O) groups excluding carboxylic acids is 2. The van der Waals surface area contributed by atoms with Gasteiger partial charge in [-0.05, 0) is 194 Å². The summed E-state index contributed by atoms with van der Waals surface area (Å²) < 4.78 is 23.5. The summed E-state index contributed by atoms with van der Waals surface area (Å²) >= 11 is 0. The highest BCUT2D eigenvalue weighted by Gasteiger charge is 2.56. The Morgan fingerprint density at radius 1 is 0.419 bits per heavy atom. The van der Waals surface area contributed by atoms with Crippen LogP contribution in [0, 0.1) is 46.3 Å². The minimum Gasteiger partial charge on any atom is -0.491 e. The predicted octanol–water partition coefficient (Wildman–Crippen LogP) is 14.1. The normalized spacial score (nSPS) is 29.8. The Morgan fingerprint density at radius 2 is 0.757 bits per heavy atom. The van der Waals surface area contributed by atoms with Gasteiger partial charge in [-0.15, -0.1) is 0 Å². The van der Waals surface area contributed by atoms with Crippen molar-refractivity contribution >= 4 is 34.3 Å². The molecular formula is C66H72N2O6. The van der Waals surface area contributed by atoms with Crippen LogP contribution in [0.5, 0.6) is 11.5 Å². The Labute approximate surface area is 438 Å². The van der Waals surface area contributed by atoms with Crippen molar-refractivity contribution in [3.63, 3.8) is 0 Å². The lowest BCUT2D eigenvalue weighted by Gasteiger charge is -2.55. The number of hydrogen-bond acceptors (Lipinski definition) is 6. The fraction of sp³-hybridized carbons (Fsp3) is 0.424. The van der Waals surface area contributed by atoms with E-state index in [1.54, 1.807) is 0 Å². The van der Waals surface area contributed by atoms with Gasteiger partial charge in [-0.2, -0.15) is 0 Å². The number of nitrogens with one attached hydrogen (secondary N) is 2. The average Bonchev–Trinajstić information content (AvgIpc) is 3.82. The zero-order valence-corrected chi connectivity index (χ0v) is 42.8. The minimum absolute atomic E-state index is 0.141. The van der Waals surface area contributed by atoms with Crippen molar-refractivity contribution in [3.8, 4) is 11.5 Å². The number of ether oxygens (including phenoxy) is 4. The van der Waals surface area contributed by atoms with E-state index in [4.69, 9.17) is 18.9 Å². The zero-order chi connectivity index (χ0) is 49.9. The molecule has 0 radical (unpaired) electrons. The van der Waals surface area contributed by atoms with Crippen molar-refractivity contribution in [2.75, 3.05) is 50.3 Å². The van der Waals surface area contributed by atoms with E-state index in [0.717, 1.165) is 119 Å². The number of anilines is 2. The third kappa shape index (κ3) is 10.9. The van der Waals surface area contributed by atoms with Crippen LogP contribution < -0.4 is 20.1 Å². The molecule has 74 heavy (non-hydrogen) atoms. The lowest BCUT2D eigenvalue weighted by Crippen LogP contribution is -2.51. The van der Waals surface area contributed by atoms with E-state index in [1.807, 2.05) is 24.3 Å². The topological polar surface area (TPSA) is 95.1 Å². The van der Waals surface area contributed by atoms with Crippen molar-refractivity contribution in [1.82, 2.24) is 0 Å². The number of rotatable bonds is 19. The monoisotopic (exact) mass is 989 g/mol. The summed E-state index contributed by atoms with van der Waals surface area (Å²) in [6, 6.07) is 33.3. The molecule has 0 spiro atoms. The van der Waals surface area contributed by atoms with E-state index >= 15 is 0 Å². The van der Waals surface area contributed by atoms with Gasteiger partial charge in [0, 0.05) is 23.2 Å². The maximum atomic E-state index is 13.6. The summed E-state index contributed by atoms with van der Waals surface area (Å²) in [5.41, 5.74) is 8.46. The van der Waals surface area contributed by atoms with Crippen LogP contribution in [0.2, 0.25) is 0 Å². The molecule has 2 N–H and O–H groups in total. The van der Waals surface area contributed by atoms with Gasteiger partial charge >= 0.3 is 0 Å². The molecule has 8 fully saturated rings. The Bertz CT molecular complexity index is 2570. The first-order chi connectivity index (χ1) is 36.3. The highest BCUT2D eigenvalue weighted by molar-refractivity contribution is 5.96. The van der Waals surface area contributed by atoms with Crippen LogP contribution in [0.3, 0.4) is 0 Å². The maximum absolute atomic E-state index is 13.6. The summed E-state index contributed by atoms with van der Waals surface area (Å²) in [6.45, 7) is 2.82. The van der Waals surface area contributed by atoms with E-state index in [-0.39, 0.29) is 34.5 Å². The second-order valence-corrected chi connectivity index (χ2v) is 23.3. The van der Waals surface area contributed by atoms with E-state index in [1.165, 1.54) is 49.7 Å². The molecule has 8 saturated carbocycles. The average molecular weight is 989 g/mol. The first-order valence-electron chi connectivity index (χ1n) is 27.9. The maximum Gasteiger partial charge on any atom is 0.230 e. The number of hydrogen-bond donors (Lipinski definition) is 2. The highest BCUT2D eigenvalue weighted by atomic mass is 16.6. The van der Waals surface area contributed by atoms with Gasteiger partial charge in [-0.3, -0.25) is 9.59 Å². The lowest BCUT2D eigenvalue weighted by atomic mass is 9.49. The Hall–Kier alpha value is -6.22. The molecule has 0 heterocycles. The fourth-order valence-electron chi connectivity index (χ4n) is 15.2. The Balaban J connectivity index is 0.512. The SMILES string of the molecule is O=C(Nc1ccc(C2C=CC=C(c3ccc(OCCOCCOCCOc4ccc(C5=CC=CC(c6ccc(NC(=O)C78CC9CC(CC(C9)C7)C8)cc6)C=C5)cc4)cc3)C=C2)cc1)C12CC3CC(CC(C3)C1)C2. The molecule has 8 heteroatoms. The number of amides is 2. The van der Waals surface area contributed by atoms with Gasteiger partial charge in [-0.1, -0.05) is 109 Å². The molecule has 0 aliphatic heterocycles. The summed E-state index contributed by atoms with van der Waals surface area (Å²) in [6.07, 6.45) is 36.4. The molecule has 2 unspecified atom stereocenters. The molecule has 8 nitrogen and oxygen atoms in total. The number of benzene rings is 4. The van der Waals surface area contributed by atoms with Crippen molar-refractivity contribution in [3.05, 3.63) is 180 Å². The molecule has 10 aliphatic carbocycles. The van der Waals surface area contributed by atoms with Crippen molar-refractivity contribution in [2.45, 2.75) is 88.9 Å². The molecule has 382 valence electrons. The van der Waals surface area contributed by atoms with E-state index in [0.29, 0.717) is 39.6 Å². The third-order valence-electron chi connectivity index (χ3n) is 18.0. The van der Waals surface area contributed by atoms with E-state index < -0.39 is 0 Å². The molecule has 4 aromatic carbocycles. The molecule has 0 aromatic heterocycles. The fourth-order valence-corrected chi connectivity index (χ4v) is 15.2. The minimum atomic E-state index is -0.141. The van der Waals surface area contributed by atoms with Crippen LogP contribution in [0.4, 0.5) is 11.4 Å². The van der Waals surface area contributed by atoms with Crippen molar-refractivity contribution in [2.24, 2.45) is 46.3 Å². The van der Waals surface area contributed by atoms with Gasteiger partial charge in [0.15, 0.2) is 0 Å². The highest BCUT2D eigenvalue weighted by Crippen LogP contribution is 2.61. The molecule has 10 aliphatic rings. The molecule has 0 saturated heterocycles. The van der Waals surface area contributed by atoms with Crippen molar-refractivity contribution in [1.29, 1.82) is 0 Å². The third-order valence-corrected chi connectivity index (χ3v) is 18.0. The number of allylic oxidation sites excluding steroid dienone is 12. The smallest absolute Gasteiger partial charge is 0.230 e. The van der Waals surface area contributed by atoms with Crippen molar-refractivity contribution < 1.29 is 28.5 Å². The van der Waals surface area contributed by atoms with Gasteiger partial charge in [0.25, 0.3) is 0 Å². The summed E-state index contributed by atoms with van der Waals surface area (Å²) in [7, 11) is 0. The van der Waals surface area contributed by atoms with E-state index in [2.05, 4.69) is 144 Å². The molecule has 2 atom stereocenters. The van der Waals surface area contributed by atoms with Crippen LogP contribution >= 0.6 is 0 Å². The standard InChI is InChI=1S/C66H72N2O6/c69-63(65-39-45-33-46(40-65)35-47(34-45)41-65)67-59-19-11-55(12-20-59)51-3-1-5-53(9-7-51)57-15-23-61(24-16-57)73-31-29-71-27-28-72-30-32-74-62-25-17-58(18-26-62)54-6-2-4-52(8-10-54)56-13-21-60(22-14-56)68-64(70)66-42-48-36-49(43-66)38-50(37-48)44-66/h1-26,45-52H,27-44H2,(H,67,69)(H,68,70). The number of carbonyl (C=O) groups is 2. The molecule has 14 rings (SSSR count). The van der Waals surface area contributed by atoms with Gasteiger partial charge in [0.1, 0.15) is 24.7 Å². The molecule has 4 aromatic rings. The van der Waals surface area contributed by atoms with Crippen LogP contribution in [0.1, 0.15) is 111 Å². The summed E-state index contributed by atoms with van der Waals surface area (Å²) in [5, 5.41) is 6.62. The van der Waals surface area contributed by atoms with Gasteiger partial charge in [-0.25, -0.2) is 0 Å². The first-order valence-corrected chi connectivity index (χ1v) is 27.9. The first kappa shape index (κ1) is 48.7. The van der Waals surface area contributed by atoms with Gasteiger partial charge in [0.05, 0.1) is 37.3 Å². The lowest BCUT2D eigenvalue weighted by molar-refractivity contribution is -0.141.